The fourth-order valence-corrected chi connectivity index (χ4v) is 1.80. The van der Waals surface area contributed by atoms with Crippen LogP contribution in [0.3, 0.4) is 0 Å². The third-order valence-corrected chi connectivity index (χ3v) is 2.56. The number of carbonyl (C=O) groups is 2. The lowest BCUT2D eigenvalue weighted by Crippen LogP contribution is -2.53. The van der Waals surface area contributed by atoms with E-state index in [0.717, 1.165) is 12.8 Å². The third kappa shape index (κ3) is 1.97. The highest BCUT2D eigenvalue weighted by molar-refractivity contribution is 5.86. The van der Waals surface area contributed by atoms with Gasteiger partial charge in [0.25, 0.3) is 0 Å². The van der Waals surface area contributed by atoms with Crippen LogP contribution in [0.5, 0.6) is 0 Å². The first-order valence-electron chi connectivity index (χ1n) is 4.59. The molecule has 14 heavy (non-hydrogen) atoms. The second-order valence-corrected chi connectivity index (χ2v) is 3.40. The zero-order valence-corrected chi connectivity index (χ0v) is 8.46. The first-order valence-corrected chi connectivity index (χ1v) is 4.59. The number of hydrogen-bond donors (Lipinski definition) is 1. The molecule has 1 rings (SSSR count). The Labute approximate surface area is 82.8 Å². The number of esters is 1. The summed E-state index contributed by atoms with van der Waals surface area (Å²) in [6.07, 6.45) is 2.49. The van der Waals surface area contributed by atoms with Gasteiger partial charge in [-0.1, -0.05) is 12.8 Å². The quantitative estimate of drug-likeness (QED) is 0.672. The highest BCUT2D eigenvalue weighted by atomic mass is 16.5. The Morgan fingerprint density at radius 2 is 1.71 bits per heavy atom. The first kappa shape index (κ1) is 10.8. The molecule has 0 unspecified atom stereocenters. The average Bonchev–Trinajstić information content (AvgIpc) is 2.66. The van der Waals surface area contributed by atoms with E-state index in [0.29, 0.717) is 12.8 Å². The fourth-order valence-electron chi connectivity index (χ4n) is 1.80. The molecule has 5 heteroatoms. The van der Waals surface area contributed by atoms with Crippen molar-refractivity contribution in [3.05, 3.63) is 0 Å². The molecular weight excluding hydrogens is 186 g/mol. The smallest absolute Gasteiger partial charge is 0.407 e. The zero-order valence-electron chi connectivity index (χ0n) is 8.46. The van der Waals surface area contributed by atoms with Gasteiger partial charge in [-0.3, -0.25) is 0 Å². The summed E-state index contributed by atoms with van der Waals surface area (Å²) in [5.74, 6) is -0.389. The van der Waals surface area contributed by atoms with Crippen LogP contribution >= 0.6 is 0 Å². The minimum atomic E-state index is -0.859. The van der Waals surface area contributed by atoms with Gasteiger partial charge in [-0.15, -0.1) is 0 Å². The SMILES string of the molecule is COC(=O)NC1(C(=O)OC)CCCC1. The first-order chi connectivity index (χ1) is 6.64. The Morgan fingerprint density at radius 1 is 1.14 bits per heavy atom. The second kappa shape index (κ2) is 4.30. The molecule has 0 aromatic rings. The highest BCUT2D eigenvalue weighted by Gasteiger charge is 2.43. The normalized spacial score (nSPS) is 18.7. The van der Waals surface area contributed by atoms with Crippen LogP contribution in [0.25, 0.3) is 0 Å². The Kier molecular flexibility index (Phi) is 3.33. The maximum Gasteiger partial charge on any atom is 0.407 e. The Morgan fingerprint density at radius 3 is 2.14 bits per heavy atom. The molecule has 0 aromatic carbocycles. The van der Waals surface area contributed by atoms with E-state index in [9.17, 15) is 9.59 Å². The van der Waals surface area contributed by atoms with E-state index in [1.165, 1.54) is 14.2 Å². The molecule has 1 aliphatic carbocycles. The van der Waals surface area contributed by atoms with Crippen molar-refractivity contribution in [2.75, 3.05) is 14.2 Å². The van der Waals surface area contributed by atoms with Crippen LogP contribution in [0.4, 0.5) is 4.79 Å². The van der Waals surface area contributed by atoms with Crippen molar-refractivity contribution >= 4 is 12.1 Å². The lowest BCUT2D eigenvalue weighted by Gasteiger charge is -2.26. The van der Waals surface area contributed by atoms with Crippen LogP contribution in [-0.2, 0) is 14.3 Å². The van der Waals surface area contributed by atoms with Crippen molar-refractivity contribution < 1.29 is 19.1 Å². The maximum absolute atomic E-state index is 11.5. The molecule has 0 radical (unpaired) electrons. The van der Waals surface area contributed by atoms with Crippen LogP contribution in [0.2, 0.25) is 0 Å². The minimum Gasteiger partial charge on any atom is -0.467 e. The van der Waals surface area contributed by atoms with E-state index in [1.807, 2.05) is 0 Å². The van der Waals surface area contributed by atoms with Crippen LogP contribution < -0.4 is 5.32 Å². The number of ether oxygens (including phenoxy) is 2. The monoisotopic (exact) mass is 201 g/mol. The van der Waals surface area contributed by atoms with Crippen molar-refractivity contribution in [2.24, 2.45) is 0 Å². The van der Waals surface area contributed by atoms with Gasteiger partial charge in [-0.2, -0.15) is 0 Å². The molecule has 1 fully saturated rings. The fraction of sp³-hybridized carbons (Fsp3) is 0.778. The lowest BCUT2D eigenvalue weighted by atomic mass is 9.98. The molecule has 0 saturated heterocycles. The molecule has 80 valence electrons. The van der Waals surface area contributed by atoms with Crippen molar-refractivity contribution in [1.82, 2.24) is 5.32 Å². The molecule has 1 aliphatic rings. The number of amides is 1. The summed E-state index contributed by atoms with van der Waals surface area (Å²) in [5, 5.41) is 2.56. The molecule has 0 spiro atoms. The highest BCUT2D eigenvalue weighted by Crippen LogP contribution is 2.30. The van der Waals surface area contributed by atoms with Crippen molar-refractivity contribution in [3.8, 4) is 0 Å². The molecule has 0 aromatic heterocycles. The molecule has 0 bridgehead atoms. The van der Waals surface area contributed by atoms with Gasteiger partial charge in [0, 0.05) is 0 Å². The predicted molar refractivity (Wildman–Crippen MR) is 48.8 cm³/mol. The number of alkyl carbamates (subject to hydrolysis) is 1. The topological polar surface area (TPSA) is 64.6 Å². The number of rotatable bonds is 2. The third-order valence-electron chi connectivity index (χ3n) is 2.56. The van der Waals surface area contributed by atoms with Gasteiger partial charge in [-0.05, 0) is 12.8 Å². The van der Waals surface area contributed by atoms with Crippen molar-refractivity contribution in [2.45, 2.75) is 31.2 Å². The van der Waals surface area contributed by atoms with E-state index in [-0.39, 0.29) is 5.97 Å². The molecular formula is C9H15NO4. The summed E-state index contributed by atoms with van der Waals surface area (Å²) in [5.41, 5.74) is -0.859. The minimum absolute atomic E-state index is 0.389. The van der Waals surface area contributed by atoms with Gasteiger partial charge in [0.2, 0.25) is 0 Å². The van der Waals surface area contributed by atoms with Gasteiger partial charge < -0.3 is 14.8 Å². The summed E-state index contributed by atoms with van der Waals surface area (Å²) < 4.78 is 9.15. The molecule has 1 N–H and O–H groups in total. The second-order valence-electron chi connectivity index (χ2n) is 3.40. The molecule has 0 aliphatic heterocycles. The number of nitrogens with one attached hydrogen (secondary N) is 1. The van der Waals surface area contributed by atoms with E-state index in [4.69, 9.17) is 0 Å². The lowest BCUT2D eigenvalue weighted by molar-refractivity contribution is -0.148. The predicted octanol–water partition coefficient (Wildman–Crippen LogP) is 0.828. The number of carbonyl (C=O) groups excluding carboxylic acids is 2. The number of methoxy groups -OCH3 is 2. The summed E-state index contributed by atoms with van der Waals surface area (Å²) in [7, 11) is 2.59. The summed E-state index contributed by atoms with van der Waals surface area (Å²) >= 11 is 0. The average molecular weight is 201 g/mol. The Bertz CT molecular complexity index is 233. The van der Waals surface area contributed by atoms with Gasteiger partial charge in [0.05, 0.1) is 14.2 Å². The standard InChI is InChI=1S/C9H15NO4/c1-13-7(11)9(5-3-4-6-9)10-8(12)14-2/h3-6H2,1-2H3,(H,10,12). The maximum atomic E-state index is 11.5. The summed E-state index contributed by atoms with van der Waals surface area (Å²) in [6.45, 7) is 0. The van der Waals surface area contributed by atoms with Crippen LogP contribution in [0, 0.1) is 0 Å². The summed E-state index contributed by atoms with van der Waals surface area (Å²) in [6, 6.07) is 0. The van der Waals surface area contributed by atoms with Gasteiger partial charge in [0.15, 0.2) is 0 Å². The Hall–Kier alpha value is -1.26. The number of hydrogen-bond acceptors (Lipinski definition) is 4. The van der Waals surface area contributed by atoms with Crippen molar-refractivity contribution in [3.63, 3.8) is 0 Å². The van der Waals surface area contributed by atoms with Crippen LogP contribution in [-0.4, -0.2) is 31.8 Å². The van der Waals surface area contributed by atoms with E-state index in [2.05, 4.69) is 14.8 Å². The van der Waals surface area contributed by atoms with E-state index in [1.54, 1.807) is 0 Å². The summed E-state index contributed by atoms with van der Waals surface area (Å²) in [4.78, 5) is 22.5. The van der Waals surface area contributed by atoms with Crippen LogP contribution in [0.1, 0.15) is 25.7 Å². The Balaban J connectivity index is 2.71. The molecule has 1 saturated carbocycles. The van der Waals surface area contributed by atoms with Crippen molar-refractivity contribution in [1.29, 1.82) is 0 Å². The van der Waals surface area contributed by atoms with E-state index < -0.39 is 11.6 Å². The largest absolute Gasteiger partial charge is 0.467 e. The molecule has 1 amide bonds. The molecule has 5 nitrogen and oxygen atoms in total. The molecule has 0 heterocycles. The van der Waals surface area contributed by atoms with Gasteiger partial charge in [0.1, 0.15) is 5.54 Å². The zero-order chi connectivity index (χ0) is 10.6. The van der Waals surface area contributed by atoms with Crippen LogP contribution in [0.15, 0.2) is 0 Å². The van der Waals surface area contributed by atoms with E-state index >= 15 is 0 Å². The van der Waals surface area contributed by atoms with Gasteiger partial charge in [-0.25, -0.2) is 9.59 Å². The molecule has 0 atom stereocenters. The van der Waals surface area contributed by atoms with Gasteiger partial charge >= 0.3 is 12.1 Å².